The van der Waals surface area contributed by atoms with Crippen molar-refractivity contribution in [3.8, 4) is 6.07 Å². The van der Waals surface area contributed by atoms with Crippen molar-refractivity contribution in [2.24, 2.45) is 5.92 Å². The lowest BCUT2D eigenvalue weighted by molar-refractivity contribution is -0.131. The number of likely N-dealkylation sites (N-methyl/N-ethyl adjacent to an activating group) is 1. The maximum Gasteiger partial charge on any atom is 0.407 e. The molecule has 0 saturated carbocycles. The second-order valence-electron chi connectivity index (χ2n) is 10.8. The minimum Gasteiger partial charge on any atom is -0.465 e. The van der Waals surface area contributed by atoms with Crippen molar-refractivity contribution < 1.29 is 19.5 Å². The van der Waals surface area contributed by atoms with Crippen LogP contribution in [0.5, 0.6) is 0 Å². The molecular formula is C29H34N8O4. The molecule has 0 aliphatic carbocycles. The average Bonchev–Trinajstić information content (AvgIpc) is 3.42. The summed E-state index contributed by atoms with van der Waals surface area (Å²) >= 11 is 0. The van der Waals surface area contributed by atoms with Crippen molar-refractivity contribution >= 4 is 40.6 Å². The lowest BCUT2D eigenvalue weighted by Gasteiger charge is -2.42. The smallest absolute Gasteiger partial charge is 0.407 e. The molecule has 0 bridgehead atoms. The minimum atomic E-state index is -0.873. The fourth-order valence-corrected chi connectivity index (χ4v) is 5.93. The molecule has 0 radical (unpaired) electrons. The van der Waals surface area contributed by atoms with Crippen LogP contribution >= 0.6 is 0 Å². The van der Waals surface area contributed by atoms with Crippen molar-refractivity contribution in [1.82, 2.24) is 24.3 Å². The Morgan fingerprint density at radius 1 is 1.07 bits per heavy atom. The Bertz CT molecular complexity index is 1470. The first-order chi connectivity index (χ1) is 19.8. The van der Waals surface area contributed by atoms with Crippen LogP contribution in [0.2, 0.25) is 0 Å². The van der Waals surface area contributed by atoms with Crippen molar-refractivity contribution in [3.05, 3.63) is 48.4 Å². The van der Waals surface area contributed by atoms with E-state index in [2.05, 4.69) is 22.2 Å². The molecule has 41 heavy (non-hydrogen) atoms. The molecule has 2 atom stereocenters. The number of amides is 3. The molecule has 2 fully saturated rings. The third-order valence-corrected chi connectivity index (χ3v) is 8.41. The Kier molecular flexibility index (Phi) is 8.05. The van der Waals surface area contributed by atoms with Gasteiger partial charge in [-0.2, -0.15) is 5.26 Å². The topological polar surface area (TPSA) is 148 Å². The predicted octanol–water partition coefficient (Wildman–Crippen LogP) is 3.96. The molecular weight excluding hydrogens is 524 g/mol. The number of nitrogens with one attached hydrogen (secondary N) is 1. The number of rotatable bonds is 5. The summed E-state index contributed by atoms with van der Waals surface area (Å²) in [7, 11) is 1.94. The first kappa shape index (κ1) is 27.9. The number of benzene rings is 1. The highest BCUT2D eigenvalue weighted by Crippen LogP contribution is 2.31. The molecule has 4 heterocycles. The highest BCUT2D eigenvalue weighted by atomic mass is 16.4. The van der Waals surface area contributed by atoms with Crippen LogP contribution in [0.3, 0.4) is 0 Å². The van der Waals surface area contributed by atoms with Crippen LogP contribution in [0.25, 0.3) is 11.0 Å². The summed E-state index contributed by atoms with van der Waals surface area (Å²) < 4.78 is 1.46. The van der Waals surface area contributed by atoms with Crippen LogP contribution in [0.4, 0.5) is 21.1 Å². The number of carboxylic acid groups (broad SMARTS) is 1. The molecule has 214 valence electrons. The van der Waals surface area contributed by atoms with Gasteiger partial charge >= 0.3 is 12.1 Å². The summed E-state index contributed by atoms with van der Waals surface area (Å²) in [5.74, 6) is 1.10. The summed E-state index contributed by atoms with van der Waals surface area (Å²) in [6.07, 6.45) is 4.48. The number of piperidine rings is 2. The van der Waals surface area contributed by atoms with Crippen LogP contribution in [-0.4, -0.2) is 86.7 Å². The summed E-state index contributed by atoms with van der Waals surface area (Å²) in [5.41, 5.74) is 2.25. The highest BCUT2D eigenvalue weighted by molar-refractivity contribution is 5.99. The predicted molar refractivity (Wildman–Crippen MR) is 153 cm³/mol. The van der Waals surface area contributed by atoms with Gasteiger partial charge in [0, 0.05) is 45.1 Å². The first-order valence-electron chi connectivity index (χ1n) is 13.9. The highest BCUT2D eigenvalue weighted by Gasteiger charge is 2.33. The molecule has 0 unspecified atom stereocenters. The van der Waals surface area contributed by atoms with E-state index in [1.165, 1.54) is 15.8 Å². The number of likely N-dealkylation sites (tertiary alicyclic amines) is 2. The van der Waals surface area contributed by atoms with E-state index in [-0.39, 0.29) is 24.4 Å². The number of anilines is 2. The van der Waals surface area contributed by atoms with Gasteiger partial charge in [-0.05, 0) is 54.9 Å². The van der Waals surface area contributed by atoms with Gasteiger partial charge in [0.2, 0.25) is 5.91 Å². The number of carbonyl (C=O) groups is 3. The van der Waals surface area contributed by atoms with Crippen molar-refractivity contribution in [2.75, 3.05) is 43.4 Å². The Morgan fingerprint density at radius 3 is 2.46 bits per heavy atom. The maximum absolute atomic E-state index is 13.2. The number of fused-ring (bicyclic) bond motifs is 1. The van der Waals surface area contributed by atoms with Gasteiger partial charge < -0.3 is 25.1 Å². The molecule has 2 aliphatic heterocycles. The van der Waals surface area contributed by atoms with Gasteiger partial charge in [0.1, 0.15) is 18.6 Å². The molecule has 2 aromatic heterocycles. The van der Waals surface area contributed by atoms with Gasteiger partial charge in [-0.25, -0.2) is 19.6 Å². The third-order valence-electron chi connectivity index (χ3n) is 8.41. The van der Waals surface area contributed by atoms with Crippen LogP contribution in [-0.2, 0) is 4.79 Å². The summed E-state index contributed by atoms with van der Waals surface area (Å²) in [6, 6.07) is 11.1. The third kappa shape index (κ3) is 5.79. The van der Waals surface area contributed by atoms with Gasteiger partial charge in [-0.3, -0.25) is 9.36 Å². The Morgan fingerprint density at radius 2 is 1.78 bits per heavy atom. The van der Waals surface area contributed by atoms with E-state index < -0.39 is 6.09 Å². The Balaban J connectivity index is 1.28. The van der Waals surface area contributed by atoms with Crippen LogP contribution in [0.1, 0.15) is 44.1 Å². The number of hydrogen-bond acceptors (Lipinski definition) is 7. The molecule has 2 N–H and O–H groups in total. The van der Waals surface area contributed by atoms with Crippen molar-refractivity contribution in [3.63, 3.8) is 0 Å². The van der Waals surface area contributed by atoms with Gasteiger partial charge in [-0.1, -0.05) is 19.1 Å². The SMILES string of the molecule is C[C@@H]1CCN(C(=O)CC#N)C[C@@H]1N(C)c1ncnc2c1ccn2C(=O)Nc1ccc(C2CCN(C(=O)O)CC2)cc1. The fourth-order valence-electron chi connectivity index (χ4n) is 5.93. The van der Waals surface area contributed by atoms with E-state index in [4.69, 9.17) is 10.4 Å². The largest absolute Gasteiger partial charge is 0.465 e. The van der Waals surface area contributed by atoms with E-state index in [0.717, 1.165) is 30.2 Å². The molecule has 1 aromatic carbocycles. The minimum absolute atomic E-state index is 0.00320. The summed E-state index contributed by atoms with van der Waals surface area (Å²) in [6.45, 7) is 4.33. The van der Waals surface area contributed by atoms with Crippen LogP contribution in [0.15, 0.2) is 42.9 Å². The Labute approximate surface area is 238 Å². The fraction of sp³-hybridized carbons (Fsp3) is 0.448. The van der Waals surface area contributed by atoms with Crippen LogP contribution < -0.4 is 10.2 Å². The second kappa shape index (κ2) is 11.8. The van der Waals surface area contributed by atoms with Crippen molar-refractivity contribution in [1.29, 1.82) is 5.26 Å². The summed E-state index contributed by atoms with van der Waals surface area (Å²) in [5, 5.41) is 21.8. The second-order valence-corrected chi connectivity index (χ2v) is 10.8. The number of nitriles is 1. The maximum atomic E-state index is 13.2. The molecule has 0 spiro atoms. The molecule has 3 aromatic rings. The van der Waals surface area contributed by atoms with Crippen LogP contribution in [0, 0.1) is 17.2 Å². The molecule has 2 saturated heterocycles. The standard InChI is InChI=1S/C29H34N8O4/c1-19-8-13-36(25(38)7-12-30)17-24(19)34(2)26-23-11-16-37(27(23)32-18-31-26)28(39)33-22-5-3-20(4-6-22)21-9-14-35(15-10-21)29(40)41/h3-6,11,16,18-19,21,24H,7-10,13-15,17H2,1-2H3,(H,33,39)(H,40,41)/t19-,24+/m1/s1. The van der Waals surface area contributed by atoms with E-state index in [9.17, 15) is 14.4 Å². The zero-order chi connectivity index (χ0) is 29.1. The van der Waals surface area contributed by atoms with E-state index in [0.29, 0.717) is 55.2 Å². The average molecular weight is 559 g/mol. The van der Waals surface area contributed by atoms with E-state index >= 15 is 0 Å². The first-order valence-corrected chi connectivity index (χ1v) is 13.9. The normalized spacial score (nSPS) is 19.5. The monoisotopic (exact) mass is 558 g/mol. The van der Waals surface area contributed by atoms with Crippen molar-refractivity contribution in [2.45, 2.75) is 44.6 Å². The summed E-state index contributed by atoms with van der Waals surface area (Å²) in [4.78, 5) is 50.9. The molecule has 2 aliphatic rings. The lowest BCUT2D eigenvalue weighted by Crippen LogP contribution is -2.52. The number of aromatic nitrogens is 3. The van der Waals surface area contributed by atoms with E-state index in [1.807, 2.05) is 48.3 Å². The number of nitrogens with zero attached hydrogens (tertiary/aromatic N) is 7. The zero-order valence-electron chi connectivity index (χ0n) is 23.2. The molecule has 12 heteroatoms. The molecule has 5 rings (SSSR count). The lowest BCUT2D eigenvalue weighted by atomic mass is 9.89. The van der Waals surface area contributed by atoms with Gasteiger partial charge in [0.25, 0.3) is 0 Å². The van der Waals surface area contributed by atoms with Gasteiger partial charge in [0.05, 0.1) is 17.5 Å². The van der Waals surface area contributed by atoms with E-state index in [1.54, 1.807) is 11.1 Å². The number of hydrogen-bond donors (Lipinski definition) is 2. The van der Waals surface area contributed by atoms with Gasteiger partial charge in [0.15, 0.2) is 5.65 Å². The molecule has 12 nitrogen and oxygen atoms in total. The Hall–Kier alpha value is -4.66. The zero-order valence-corrected chi connectivity index (χ0v) is 23.2. The quantitative estimate of drug-likeness (QED) is 0.478. The molecule has 3 amide bonds. The van der Waals surface area contributed by atoms with Gasteiger partial charge in [-0.15, -0.1) is 0 Å². The number of carbonyl (C=O) groups excluding carboxylic acids is 2.